The van der Waals surface area contributed by atoms with Crippen molar-refractivity contribution in [3.8, 4) is 22.8 Å². The van der Waals surface area contributed by atoms with Crippen LogP contribution in [0.4, 0.5) is 32.4 Å². The van der Waals surface area contributed by atoms with E-state index in [1.165, 1.54) is 59.2 Å². The fourth-order valence-corrected chi connectivity index (χ4v) is 5.66. The number of aryl methyl sites for hydroxylation is 1. The number of carbonyl (C=O) groups excluding carboxylic acids is 1. The standard InChI is InChI=1S/C31H29F5N6O2S/c1-18(2)24-13-4-19(3)16-25(24)41-14-15-45-30(41)39-29(43)38-27(33)26(32)20-5-7-21(8-6-20)28-37-17-42(40-28)22-9-11-23(12-10-22)44-31(34,35)36/h4-13,16-18,26-27H,14-15H2,1-3H3,(H,38,43)/b39-30-. The molecule has 1 fully saturated rings. The van der Waals surface area contributed by atoms with E-state index in [1.54, 1.807) is 0 Å². The van der Waals surface area contributed by atoms with Crippen LogP contribution in [0.3, 0.4) is 0 Å². The number of benzene rings is 3. The number of urea groups is 1. The van der Waals surface area contributed by atoms with E-state index in [0.29, 0.717) is 28.7 Å². The van der Waals surface area contributed by atoms with Gasteiger partial charge in [0, 0.05) is 23.5 Å². The fourth-order valence-electron chi connectivity index (χ4n) is 4.71. The highest BCUT2D eigenvalue weighted by Crippen LogP contribution is 2.34. The van der Waals surface area contributed by atoms with Crippen molar-refractivity contribution in [2.24, 2.45) is 4.99 Å². The van der Waals surface area contributed by atoms with Crippen molar-refractivity contribution in [1.29, 1.82) is 0 Å². The second kappa shape index (κ2) is 13.3. The first-order valence-electron chi connectivity index (χ1n) is 13.9. The fraction of sp³-hybridized carbons (Fsp3) is 0.290. The van der Waals surface area contributed by atoms with Gasteiger partial charge in [0.15, 0.2) is 17.2 Å². The number of amidine groups is 1. The van der Waals surface area contributed by atoms with Gasteiger partial charge in [-0.25, -0.2) is 23.2 Å². The highest BCUT2D eigenvalue weighted by molar-refractivity contribution is 8.14. The first kappa shape index (κ1) is 31.9. The van der Waals surface area contributed by atoms with Crippen molar-refractivity contribution in [3.63, 3.8) is 0 Å². The van der Waals surface area contributed by atoms with Gasteiger partial charge in [-0.05, 0) is 59.9 Å². The number of carbonyl (C=O) groups is 1. The highest BCUT2D eigenvalue weighted by Gasteiger charge is 2.31. The number of alkyl halides is 5. The van der Waals surface area contributed by atoms with E-state index in [4.69, 9.17) is 0 Å². The zero-order chi connectivity index (χ0) is 32.3. The zero-order valence-electron chi connectivity index (χ0n) is 24.4. The molecule has 4 aromatic rings. The van der Waals surface area contributed by atoms with Crippen LogP contribution in [0.2, 0.25) is 0 Å². The SMILES string of the molecule is Cc1ccc(C(C)C)c(N2CCS/C2=N\C(=O)NC(F)C(F)c2ccc(-c3ncn(-c4ccc(OC(F)(F)F)cc4)n3)cc2)c1. The van der Waals surface area contributed by atoms with Gasteiger partial charge in [-0.2, -0.15) is 4.99 Å². The van der Waals surface area contributed by atoms with Crippen molar-refractivity contribution in [2.45, 2.75) is 45.5 Å². The number of amides is 2. The van der Waals surface area contributed by atoms with Gasteiger partial charge in [0.05, 0.1) is 5.69 Å². The average Bonchev–Trinajstić information content (AvgIpc) is 3.66. The highest BCUT2D eigenvalue weighted by atomic mass is 32.2. The summed E-state index contributed by atoms with van der Waals surface area (Å²) in [6, 6.07) is 15.9. The molecule has 236 valence electrons. The van der Waals surface area contributed by atoms with Crippen molar-refractivity contribution in [1.82, 2.24) is 20.1 Å². The minimum Gasteiger partial charge on any atom is -0.406 e. The van der Waals surface area contributed by atoms with E-state index < -0.39 is 24.9 Å². The Morgan fingerprint density at radius 1 is 1.04 bits per heavy atom. The second-order valence-corrected chi connectivity index (χ2v) is 11.6. The molecular formula is C31H29F5N6O2S. The number of anilines is 1. The van der Waals surface area contributed by atoms with Crippen molar-refractivity contribution in [3.05, 3.63) is 89.7 Å². The molecule has 2 amide bonds. The molecule has 1 saturated heterocycles. The van der Waals surface area contributed by atoms with E-state index in [9.17, 15) is 22.4 Å². The third-order valence-electron chi connectivity index (χ3n) is 6.91. The lowest BCUT2D eigenvalue weighted by atomic mass is 9.99. The van der Waals surface area contributed by atoms with Gasteiger partial charge in [0.2, 0.25) is 6.30 Å². The topological polar surface area (TPSA) is 84.6 Å². The molecule has 1 aromatic heterocycles. The average molecular weight is 645 g/mol. The van der Waals surface area contributed by atoms with E-state index in [-0.39, 0.29) is 23.1 Å². The summed E-state index contributed by atoms with van der Waals surface area (Å²) < 4.78 is 72.3. The quantitative estimate of drug-likeness (QED) is 0.155. The number of aliphatic imine (C=N–C) groups is 1. The van der Waals surface area contributed by atoms with Gasteiger partial charge >= 0.3 is 12.4 Å². The molecule has 1 N–H and O–H groups in total. The maximum Gasteiger partial charge on any atom is 0.573 e. The Labute approximate surface area is 260 Å². The Bertz CT molecular complexity index is 1680. The Morgan fingerprint density at radius 2 is 1.76 bits per heavy atom. The summed E-state index contributed by atoms with van der Waals surface area (Å²) in [6.07, 6.45) is -7.95. The van der Waals surface area contributed by atoms with Crippen LogP contribution in [-0.2, 0) is 0 Å². The van der Waals surface area contributed by atoms with Gasteiger partial charge in [0.25, 0.3) is 0 Å². The number of rotatable bonds is 8. The smallest absolute Gasteiger partial charge is 0.406 e. The van der Waals surface area contributed by atoms with E-state index >= 15 is 4.39 Å². The lowest BCUT2D eigenvalue weighted by Gasteiger charge is -2.24. The summed E-state index contributed by atoms with van der Waals surface area (Å²) in [6.45, 7) is 6.77. The van der Waals surface area contributed by atoms with Crippen LogP contribution in [0.5, 0.6) is 5.75 Å². The molecule has 2 heterocycles. The Kier molecular flexibility index (Phi) is 9.42. The maximum absolute atomic E-state index is 15.1. The predicted molar refractivity (Wildman–Crippen MR) is 163 cm³/mol. The molecule has 0 spiro atoms. The molecule has 2 atom stereocenters. The van der Waals surface area contributed by atoms with Gasteiger partial charge < -0.3 is 15.0 Å². The molecule has 0 bridgehead atoms. The van der Waals surface area contributed by atoms with Gasteiger partial charge in [-0.15, -0.1) is 18.3 Å². The number of thioether (sulfide) groups is 1. The third-order valence-corrected chi connectivity index (χ3v) is 7.86. The van der Waals surface area contributed by atoms with Crippen LogP contribution in [-0.4, -0.2) is 50.9 Å². The predicted octanol–water partition coefficient (Wildman–Crippen LogP) is 7.89. The number of hydrogen-bond donors (Lipinski definition) is 1. The summed E-state index contributed by atoms with van der Waals surface area (Å²) >= 11 is 1.37. The number of nitrogens with one attached hydrogen (secondary N) is 1. The molecule has 8 nitrogen and oxygen atoms in total. The van der Waals surface area contributed by atoms with Crippen LogP contribution in [0.25, 0.3) is 17.1 Å². The Morgan fingerprint density at radius 3 is 2.42 bits per heavy atom. The second-order valence-electron chi connectivity index (χ2n) is 10.5. The first-order chi connectivity index (χ1) is 21.4. The van der Waals surface area contributed by atoms with Crippen LogP contribution in [0.1, 0.15) is 42.6 Å². The number of nitrogens with zero attached hydrogens (tertiary/aromatic N) is 5. The maximum atomic E-state index is 15.1. The number of ether oxygens (including phenoxy) is 1. The van der Waals surface area contributed by atoms with Crippen LogP contribution < -0.4 is 15.0 Å². The molecule has 0 saturated carbocycles. The lowest BCUT2D eigenvalue weighted by molar-refractivity contribution is -0.274. The Balaban J connectivity index is 1.22. The number of halogens is 5. The first-order valence-corrected chi connectivity index (χ1v) is 14.9. The molecule has 5 rings (SSSR count). The molecule has 45 heavy (non-hydrogen) atoms. The minimum absolute atomic E-state index is 0.0166. The van der Waals surface area contributed by atoms with Crippen LogP contribution in [0, 0.1) is 6.92 Å². The van der Waals surface area contributed by atoms with Crippen molar-refractivity contribution < 1.29 is 31.5 Å². The van der Waals surface area contributed by atoms with Crippen molar-refractivity contribution in [2.75, 3.05) is 17.2 Å². The van der Waals surface area contributed by atoms with Crippen molar-refractivity contribution >= 4 is 28.6 Å². The lowest BCUT2D eigenvalue weighted by Crippen LogP contribution is -2.34. The summed E-state index contributed by atoms with van der Waals surface area (Å²) in [7, 11) is 0. The van der Waals surface area contributed by atoms with E-state index in [2.05, 4.69) is 33.7 Å². The zero-order valence-corrected chi connectivity index (χ0v) is 25.2. The van der Waals surface area contributed by atoms with Crippen LogP contribution in [0.15, 0.2) is 78.0 Å². The Hall–Kier alpha value is -4.46. The molecule has 0 aliphatic carbocycles. The molecule has 3 aromatic carbocycles. The van der Waals surface area contributed by atoms with Gasteiger partial charge in [0.1, 0.15) is 12.1 Å². The van der Waals surface area contributed by atoms with Gasteiger partial charge in [-0.3, -0.25) is 0 Å². The summed E-state index contributed by atoms with van der Waals surface area (Å²) in [5.74, 6) is 0.815. The summed E-state index contributed by atoms with van der Waals surface area (Å²) in [4.78, 5) is 22.8. The largest absolute Gasteiger partial charge is 0.573 e. The summed E-state index contributed by atoms with van der Waals surface area (Å²) in [5.41, 5.74) is 4.00. The normalized spacial score (nSPS) is 15.8. The van der Waals surface area contributed by atoms with E-state index in [0.717, 1.165) is 28.9 Å². The molecule has 2 unspecified atom stereocenters. The summed E-state index contributed by atoms with van der Waals surface area (Å²) in [5, 5.41) is 6.72. The molecule has 1 aliphatic heterocycles. The monoisotopic (exact) mass is 644 g/mol. The van der Waals surface area contributed by atoms with Gasteiger partial charge in [-0.1, -0.05) is 62.0 Å². The minimum atomic E-state index is -4.80. The molecule has 1 aliphatic rings. The van der Waals surface area contributed by atoms with Crippen LogP contribution >= 0.6 is 11.8 Å². The third kappa shape index (κ3) is 7.80. The molecule has 0 radical (unpaired) electrons. The number of hydrogen-bond acceptors (Lipinski definition) is 5. The molecular weight excluding hydrogens is 615 g/mol. The van der Waals surface area contributed by atoms with E-state index in [1.807, 2.05) is 35.3 Å². The molecule has 14 heteroatoms. The number of aromatic nitrogens is 3.